The Morgan fingerprint density at radius 3 is 2.82 bits per heavy atom. The number of aryl methyl sites for hydroxylation is 2. The summed E-state index contributed by atoms with van der Waals surface area (Å²) in [4.78, 5) is 33.4. The molecule has 1 saturated carbocycles. The molecule has 0 bridgehead atoms. The van der Waals surface area contributed by atoms with Gasteiger partial charge in [0.15, 0.2) is 5.82 Å². The Morgan fingerprint density at radius 2 is 2.11 bits per heavy atom. The number of nitrogen functional groups attached to an aromatic ring is 1. The molecule has 0 saturated heterocycles. The molecule has 8 heteroatoms. The Hall–Kier alpha value is -2.90. The number of amides is 1. The number of nitrogens with zero attached hydrogens (tertiary/aromatic N) is 3. The highest BCUT2D eigenvalue weighted by Gasteiger charge is 2.20. The third-order valence-corrected chi connectivity index (χ3v) is 5.03. The topological polar surface area (TPSA) is 115 Å². The zero-order chi connectivity index (χ0) is 20.1. The van der Waals surface area contributed by atoms with Crippen molar-refractivity contribution in [3.8, 4) is 0 Å². The van der Waals surface area contributed by atoms with Crippen LogP contribution < -0.4 is 21.9 Å². The van der Waals surface area contributed by atoms with E-state index in [2.05, 4.69) is 20.6 Å². The molecular formula is C20H28N6O2. The Bertz CT molecular complexity index is 904. The van der Waals surface area contributed by atoms with Crippen LogP contribution in [0.3, 0.4) is 0 Å². The van der Waals surface area contributed by atoms with E-state index in [4.69, 9.17) is 5.73 Å². The van der Waals surface area contributed by atoms with E-state index in [0.29, 0.717) is 23.9 Å². The third kappa shape index (κ3) is 5.31. The second-order valence-corrected chi connectivity index (χ2v) is 7.41. The zero-order valence-electron chi connectivity index (χ0n) is 16.5. The van der Waals surface area contributed by atoms with Crippen LogP contribution in [-0.4, -0.2) is 27.0 Å². The maximum atomic E-state index is 12.7. The average Bonchev–Trinajstić information content (AvgIpc) is 3.47. The summed E-state index contributed by atoms with van der Waals surface area (Å²) >= 11 is 0. The summed E-state index contributed by atoms with van der Waals surface area (Å²) < 4.78 is 1.44. The summed E-state index contributed by atoms with van der Waals surface area (Å²) in [6.45, 7) is 4.62. The average molecular weight is 384 g/mol. The summed E-state index contributed by atoms with van der Waals surface area (Å²) in [6.07, 6.45) is 6.49. The monoisotopic (exact) mass is 384 g/mol. The normalized spacial score (nSPS) is 13.4. The van der Waals surface area contributed by atoms with Crippen LogP contribution in [0.25, 0.3) is 0 Å². The van der Waals surface area contributed by atoms with Gasteiger partial charge in [-0.25, -0.2) is 9.97 Å². The van der Waals surface area contributed by atoms with Gasteiger partial charge in [0, 0.05) is 30.7 Å². The van der Waals surface area contributed by atoms with Crippen LogP contribution in [0.4, 0.5) is 11.6 Å². The van der Waals surface area contributed by atoms with Crippen LogP contribution in [-0.2, 0) is 17.9 Å². The first-order chi connectivity index (χ1) is 13.4. The van der Waals surface area contributed by atoms with E-state index in [1.807, 2.05) is 13.0 Å². The van der Waals surface area contributed by atoms with E-state index in [1.165, 1.54) is 23.8 Å². The molecule has 28 heavy (non-hydrogen) atoms. The first-order valence-corrected chi connectivity index (χ1v) is 9.73. The van der Waals surface area contributed by atoms with Crippen LogP contribution in [0.1, 0.15) is 42.6 Å². The molecular weight excluding hydrogens is 356 g/mol. The van der Waals surface area contributed by atoms with Gasteiger partial charge in [-0.2, -0.15) is 0 Å². The van der Waals surface area contributed by atoms with Gasteiger partial charge < -0.3 is 16.4 Å². The lowest BCUT2D eigenvalue weighted by Gasteiger charge is -2.13. The van der Waals surface area contributed by atoms with Crippen LogP contribution in [0, 0.1) is 19.8 Å². The van der Waals surface area contributed by atoms with E-state index in [0.717, 1.165) is 30.1 Å². The van der Waals surface area contributed by atoms with Gasteiger partial charge in [-0.15, -0.1) is 0 Å². The lowest BCUT2D eigenvalue weighted by Crippen LogP contribution is -2.34. The molecule has 0 unspecified atom stereocenters. The highest BCUT2D eigenvalue weighted by molar-refractivity contribution is 5.75. The fourth-order valence-corrected chi connectivity index (χ4v) is 3.08. The van der Waals surface area contributed by atoms with Gasteiger partial charge in [0.25, 0.3) is 5.56 Å². The molecule has 1 aliphatic rings. The minimum Gasteiger partial charge on any atom is -0.384 e. The number of nitrogens with one attached hydrogen (secondary N) is 2. The van der Waals surface area contributed by atoms with Crippen molar-refractivity contribution in [1.29, 1.82) is 0 Å². The molecule has 0 atom stereocenters. The van der Waals surface area contributed by atoms with Gasteiger partial charge in [-0.3, -0.25) is 14.2 Å². The summed E-state index contributed by atoms with van der Waals surface area (Å²) in [5.74, 6) is 1.37. The molecule has 0 radical (unpaired) electrons. The lowest BCUT2D eigenvalue weighted by atomic mass is 10.2. The summed E-state index contributed by atoms with van der Waals surface area (Å²) in [5, 5.41) is 5.94. The quantitative estimate of drug-likeness (QED) is 0.568. The van der Waals surface area contributed by atoms with Crippen LogP contribution in [0.15, 0.2) is 23.1 Å². The Balaban J connectivity index is 1.57. The Labute approximate surface area is 164 Å². The molecule has 0 spiro atoms. The van der Waals surface area contributed by atoms with Crippen LogP contribution in [0.2, 0.25) is 0 Å². The number of pyridine rings is 1. The number of carbonyl (C=O) groups excluding carboxylic acids is 1. The van der Waals surface area contributed by atoms with Crippen molar-refractivity contribution in [3.05, 3.63) is 45.6 Å². The van der Waals surface area contributed by atoms with Crippen molar-refractivity contribution in [2.24, 2.45) is 5.92 Å². The smallest absolute Gasteiger partial charge is 0.293 e. The van der Waals surface area contributed by atoms with E-state index in [-0.39, 0.29) is 18.0 Å². The summed E-state index contributed by atoms with van der Waals surface area (Å²) in [5.41, 5.74) is 7.68. The number of aromatic nitrogens is 3. The fourth-order valence-electron chi connectivity index (χ4n) is 3.08. The van der Waals surface area contributed by atoms with Gasteiger partial charge >= 0.3 is 0 Å². The molecule has 3 rings (SSSR count). The first kappa shape index (κ1) is 19.9. The highest BCUT2D eigenvalue weighted by Crippen LogP contribution is 2.33. The molecule has 1 amide bonds. The van der Waals surface area contributed by atoms with E-state index in [9.17, 15) is 9.59 Å². The summed E-state index contributed by atoms with van der Waals surface area (Å²) in [6, 6.07) is 3.54. The lowest BCUT2D eigenvalue weighted by molar-refractivity contribution is -0.121. The van der Waals surface area contributed by atoms with Crippen LogP contribution in [0.5, 0.6) is 0 Å². The maximum absolute atomic E-state index is 12.7. The van der Waals surface area contributed by atoms with Crippen molar-refractivity contribution in [1.82, 2.24) is 19.9 Å². The predicted octanol–water partition coefficient (Wildman–Crippen LogP) is 1.76. The number of hydrogen-bond donors (Lipinski definition) is 3. The molecule has 1 aliphatic carbocycles. The number of carbonyl (C=O) groups is 1. The maximum Gasteiger partial charge on any atom is 0.293 e. The first-order valence-electron chi connectivity index (χ1n) is 9.73. The number of hydrogen-bond acceptors (Lipinski definition) is 6. The molecule has 2 aromatic rings. The zero-order valence-corrected chi connectivity index (χ0v) is 16.5. The van der Waals surface area contributed by atoms with E-state index in [1.54, 1.807) is 19.2 Å². The SMILES string of the molecule is Cc1nc(N)ccc1CNC(=O)Cn1c(C)cnc(NCCCC2CC2)c1=O. The van der Waals surface area contributed by atoms with Gasteiger partial charge in [-0.1, -0.05) is 18.9 Å². The molecule has 2 aromatic heterocycles. The largest absolute Gasteiger partial charge is 0.384 e. The second kappa shape index (κ2) is 8.86. The van der Waals surface area contributed by atoms with Gasteiger partial charge in [0.2, 0.25) is 5.91 Å². The van der Waals surface area contributed by atoms with Crippen molar-refractivity contribution >= 4 is 17.5 Å². The van der Waals surface area contributed by atoms with Crippen molar-refractivity contribution in [3.63, 3.8) is 0 Å². The number of nitrogens with two attached hydrogens (primary N) is 1. The van der Waals surface area contributed by atoms with Gasteiger partial charge in [0.05, 0.1) is 0 Å². The second-order valence-electron chi connectivity index (χ2n) is 7.41. The predicted molar refractivity (Wildman–Crippen MR) is 109 cm³/mol. The molecule has 2 heterocycles. The molecule has 0 aromatic carbocycles. The van der Waals surface area contributed by atoms with Gasteiger partial charge in [0.1, 0.15) is 12.4 Å². The molecule has 4 N–H and O–H groups in total. The fraction of sp³-hybridized carbons (Fsp3) is 0.500. The Morgan fingerprint density at radius 1 is 1.32 bits per heavy atom. The Kier molecular flexibility index (Phi) is 6.28. The standard InChI is InChI=1S/C20H28N6O2/c1-13-10-24-19(22-9-3-4-15-5-6-15)20(28)26(13)12-18(27)23-11-16-7-8-17(21)25-14(16)2/h7-8,10,15H,3-6,9,11-12H2,1-2H3,(H2,21,25)(H,22,24)(H,23,27). The van der Waals surface area contributed by atoms with Gasteiger partial charge in [-0.05, 0) is 44.2 Å². The number of rotatable bonds is 9. The molecule has 8 nitrogen and oxygen atoms in total. The summed E-state index contributed by atoms with van der Waals surface area (Å²) in [7, 11) is 0. The molecule has 150 valence electrons. The van der Waals surface area contributed by atoms with Crippen molar-refractivity contribution < 1.29 is 4.79 Å². The van der Waals surface area contributed by atoms with E-state index < -0.39 is 0 Å². The van der Waals surface area contributed by atoms with Crippen LogP contribution >= 0.6 is 0 Å². The van der Waals surface area contributed by atoms with Crippen molar-refractivity contribution in [2.75, 3.05) is 17.6 Å². The van der Waals surface area contributed by atoms with Crippen molar-refractivity contribution in [2.45, 2.75) is 52.6 Å². The highest BCUT2D eigenvalue weighted by atomic mass is 16.2. The third-order valence-electron chi connectivity index (χ3n) is 5.03. The minimum atomic E-state index is -0.271. The molecule has 1 fully saturated rings. The number of anilines is 2. The van der Waals surface area contributed by atoms with E-state index >= 15 is 0 Å². The minimum absolute atomic E-state index is 0.0502. The molecule has 0 aliphatic heterocycles.